The molecule has 5 nitrogen and oxygen atoms in total. The Balaban J connectivity index is 2.57. The van der Waals surface area contributed by atoms with Gasteiger partial charge in [-0.25, -0.2) is 0 Å². The molecule has 1 atom stereocenters. The lowest BCUT2D eigenvalue weighted by Gasteiger charge is -2.17. The Morgan fingerprint density at radius 1 is 1.16 bits per heavy atom. The summed E-state index contributed by atoms with van der Waals surface area (Å²) in [5.41, 5.74) is 0. The summed E-state index contributed by atoms with van der Waals surface area (Å²) in [6, 6.07) is 5.72. The molecule has 5 heteroatoms. The van der Waals surface area contributed by atoms with E-state index in [0.717, 1.165) is 0 Å². The second-order valence-electron chi connectivity index (χ2n) is 4.52. The van der Waals surface area contributed by atoms with Crippen LogP contribution in [0.2, 0.25) is 0 Å². The summed E-state index contributed by atoms with van der Waals surface area (Å²) in [7, 11) is 3.13. The maximum Gasteiger partial charge on any atom is 0.203 e. The van der Waals surface area contributed by atoms with Crippen molar-refractivity contribution in [3.63, 3.8) is 0 Å². The molecule has 0 unspecified atom stereocenters. The van der Waals surface area contributed by atoms with Crippen LogP contribution >= 0.6 is 0 Å². The fourth-order valence-electron chi connectivity index (χ4n) is 1.59. The number of methoxy groups -OCH3 is 2. The van der Waals surface area contributed by atoms with Gasteiger partial charge >= 0.3 is 0 Å². The molecule has 0 saturated carbocycles. The lowest BCUT2D eigenvalue weighted by molar-refractivity contribution is 0.102. The van der Waals surface area contributed by atoms with Crippen LogP contribution < -0.4 is 19.5 Å². The fraction of sp³-hybridized carbons (Fsp3) is 0.571. The summed E-state index contributed by atoms with van der Waals surface area (Å²) in [5.74, 6) is 1.70. The summed E-state index contributed by atoms with van der Waals surface area (Å²) in [5, 5.41) is 12.9. The molecule has 1 aromatic rings. The van der Waals surface area contributed by atoms with Gasteiger partial charge in [-0.3, -0.25) is 0 Å². The topological polar surface area (TPSA) is 60.0 Å². The van der Waals surface area contributed by atoms with Crippen molar-refractivity contribution >= 4 is 0 Å². The Morgan fingerprint density at radius 2 is 1.84 bits per heavy atom. The van der Waals surface area contributed by atoms with Crippen LogP contribution in [0, 0.1) is 0 Å². The Hall–Kier alpha value is -1.46. The number of rotatable bonds is 8. The largest absolute Gasteiger partial charge is 0.493 e. The molecule has 0 aliphatic carbocycles. The number of hydrogen-bond donors (Lipinski definition) is 2. The molecule has 0 spiro atoms. The number of hydrogen-bond acceptors (Lipinski definition) is 5. The Morgan fingerprint density at radius 3 is 2.42 bits per heavy atom. The monoisotopic (exact) mass is 269 g/mol. The second-order valence-corrected chi connectivity index (χ2v) is 4.52. The molecule has 0 saturated heterocycles. The van der Waals surface area contributed by atoms with Crippen LogP contribution in [0.15, 0.2) is 18.2 Å². The molecule has 1 rings (SSSR count). The van der Waals surface area contributed by atoms with Crippen LogP contribution in [0.4, 0.5) is 0 Å². The first-order valence-electron chi connectivity index (χ1n) is 6.33. The van der Waals surface area contributed by atoms with Gasteiger partial charge in [0, 0.05) is 12.6 Å². The summed E-state index contributed by atoms with van der Waals surface area (Å²) >= 11 is 0. The Kier molecular flexibility index (Phi) is 6.45. The first kappa shape index (κ1) is 15.6. The molecule has 0 aliphatic rings. The first-order valence-corrected chi connectivity index (χ1v) is 6.33. The van der Waals surface area contributed by atoms with Crippen molar-refractivity contribution in [2.75, 3.05) is 27.4 Å². The third kappa shape index (κ3) is 4.96. The summed E-state index contributed by atoms with van der Waals surface area (Å²) < 4.78 is 16.0. The predicted molar refractivity (Wildman–Crippen MR) is 74.2 cm³/mol. The second kappa shape index (κ2) is 7.86. The van der Waals surface area contributed by atoms with Crippen molar-refractivity contribution in [2.45, 2.75) is 26.0 Å². The normalized spacial score (nSPS) is 12.3. The van der Waals surface area contributed by atoms with Gasteiger partial charge in [0.25, 0.3) is 0 Å². The lowest BCUT2D eigenvalue weighted by atomic mass is 10.3. The van der Waals surface area contributed by atoms with Crippen molar-refractivity contribution in [3.8, 4) is 17.2 Å². The highest BCUT2D eigenvalue weighted by atomic mass is 16.5. The zero-order valence-corrected chi connectivity index (χ0v) is 12.0. The highest BCUT2D eigenvalue weighted by Gasteiger charge is 2.12. The maximum absolute atomic E-state index is 9.79. The number of nitrogens with one attached hydrogen (secondary N) is 1. The van der Waals surface area contributed by atoms with Crippen LogP contribution in [0.5, 0.6) is 17.2 Å². The fourth-order valence-corrected chi connectivity index (χ4v) is 1.59. The molecule has 2 N–H and O–H groups in total. The molecule has 0 aliphatic heterocycles. The molecule has 0 radical (unpaired) electrons. The molecular weight excluding hydrogens is 246 g/mol. The van der Waals surface area contributed by atoms with Crippen LogP contribution in [0.25, 0.3) is 0 Å². The van der Waals surface area contributed by atoms with E-state index in [1.807, 2.05) is 19.9 Å². The number of para-hydroxylation sites is 1. The summed E-state index contributed by atoms with van der Waals surface area (Å²) in [4.78, 5) is 0. The summed E-state index contributed by atoms with van der Waals surface area (Å²) in [6.07, 6.45) is -0.571. The van der Waals surface area contributed by atoms with Crippen molar-refractivity contribution < 1.29 is 19.3 Å². The van der Waals surface area contributed by atoms with E-state index in [-0.39, 0.29) is 6.61 Å². The van der Waals surface area contributed by atoms with Gasteiger partial charge in [0.2, 0.25) is 5.75 Å². The zero-order chi connectivity index (χ0) is 14.3. The van der Waals surface area contributed by atoms with Gasteiger partial charge in [-0.2, -0.15) is 0 Å². The average Bonchev–Trinajstić information content (AvgIpc) is 2.42. The van der Waals surface area contributed by atoms with Crippen molar-refractivity contribution in [2.24, 2.45) is 0 Å². The summed E-state index contributed by atoms with van der Waals surface area (Å²) in [6.45, 7) is 4.74. The third-order valence-corrected chi connectivity index (χ3v) is 2.56. The number of aliphatic hydroxyl groups excluding tert-OH is 1. The molecule has 108 valence electrons. The lowest BCUT2D eigenvalue weighted by Crippen LogP contribution is -2.35. The van der Waals surface area contributed by atoms with Crippen molar-refractivity contribution in [3.05, 3.63) is 18.2 Å². The van der Waals surface area contributed by atoms with Gasteiger partial charge < -0.3 is 24.6 Å². The molecule has 0 aromatic heterocycles. The zero-order valence-electron chi connectivity index (χ0n) is 12.0. The minimum absolute atomic E-state index is 0.198. The van der Waals surface area contributed by atoms with Gasteiger partial charge in [-0.1, -0.05) is 19.9 Å². The molecule has 19 heavy (non-hydrogen) atoms. The minimum Gasteiger partial charge on any atom is -0.493 e. The predicted octanol–water partition coefficient (Wildman–Crippen LogP) is 1.44. The smallest absolute Gasteiger partial charge is 0.203 e. The van der Waals surface area contributed by atoms with Crippen LogP contribution in [0.1, 0.15) is 13.8 Å². The Labute approximate surface area is 114 Å². The van der Waals surface area contributed by atoms with Crippen LogP contribution in [-0.4, -0.2) is 44.6 Å². The Bertz CT molecular complexity index is 382. The van der Waals surface area contributed by atoms with E-state index in [9.17, 15) is 5.11 Å². The minimum atomic E-state index is -0.571. The van der Waals surface area contributed by atoms with Gasteiger partial charge in [-0.15, -0.1) is 0 Å². The number of benzene rings is 1. The maximum atomic E-state index is 9.79. The molecule has 0 fully saturated rings. The van der Waals surface area contributed by atoms with E-state index >= 15 is 0 Å². The van der Waals surface area contributed by atoms with Gasteiger partial charge in [0.05, 0.1) is 14.2 Å². The first-order chi connectivity index (χ1) is 9.08. The van der Waals surface area contributed by atoms with E-state index in [1.54, 1.807) is 26.4 Å². The molecule has 0 heterocycles. The van der Waals surface area contributed by atoms with Crippen LogP contribution in [0.3, 0.4) is 0 Å². The van der Waals surface area contributed by atoms with E-state index in [1.165, 1.54) is 0 Å². The van der Waals surface area contributed by atoms with Gasteiger partial charge in [0.1, 0.15) is 12.7 Å². The number of aliphatic hydroxyl groups is 1. The van der Waals surface area contributed by atoms with Crippen molar-refractivity contribution in [1.29, 1.82) is 0 Å². The number of ether oxygens (including phenoxy) is 3. The molecule has 1 aromatic carbocycles. The van der Waals surface area contributed by atoms with Gasteiger partial charge in [0.15, 0.2) is 11.5 Å². The molecule has 0 amide bonds. The van der Waals surface area contributed by atoms with E-state index in [2.05, 4.69) is 5.32 Å². The van der Waals surface area contributed by atoms with E-state index in [4.69, 9.17) is 14.2 Å². The third-order valence-electron chi connectivity index (χ3n) is 2.56. The van der Waals surface area contributed by atoms with E-state index < -0.39 is 6.10 Å². The molecule has 0 bridgehead atoms. The van der Waals surface area contributed by atoms with Gasteiger partial charge in [-0.05, 0) is 12.1 Å². The molecular formula is C14H23NO4. The van der Waals surface area contributed by atoms with Crippen LogP contribution in [-0.2, 0) is 0 Å². The highest BCUT2D eigenvalue weighted by Crippen LogP contribution is 2.36. The SMILES string of the molecule is COc1cccc(OC[C@H](O)CNC(C)C)c1OC. The average molecular weight is 269 g/mol. The van der Waals surface area contributed by atoms with Crippen molar-refractivity contribution in [1.82, 2.24) is 5.32 Å². The standard InChI is InChI=1S/C14H23NO4/c1-10(2)15-8-11(16)9-19-13-7-5-6-12(17-3)14(13)18-4/h5-7,10-11,15-16H,8-9H2,1-4H3/t11-/m1/s1. The highest BCUT2D eigenvalue weighted by molar-refractivity contribution is 5.51. The van der Waals surface area contributed by atoms with E-state index in [0.29, 0.717) is 29.8 Å². The quantitative estimate of drug-likeness (QED) is 0.748.